The summed E-state index contributed by atoms with van der Waals surface area (Å²) < 4.78 is 41.4. The maximum Gasteiger partial charge on any atom is 0.387 e. The molecule has 2 aromatic carbocycles. The molecule has 3 rings (SSSR count). The lowest BCUT2D eigenvalue weighted by atomic mass is 10.1. The van der Waals surface area contributed by atoms with Gasteiger partial charge in [-0.25, -0.2) is 4.99 Å². The molecule has 0 aromatic heterocycles. The van der Waals surface area contributed by atoms with Gasteiger partial charge in [0.25, 0.3) is 0 Å². The number of para-hydroxylation sites is 1. The van der Waals surface area contributed by atoms with Gasteiger partial charge in [-0.05, 0) is 31.5 Å². The third-order valence-electron chi connectivity index (χ3n) is 4.79. The average molecular weight is 433 g/mol. The molecular weight excluding hydrogens is 404 g/mol. The number of alkyl halides is 2. The van der Waals surface area contributed by atoms with Gasteiger partial charge in [-0.3, -0.25) is 0 Å². The minimum absolute atomic E-state index is 0.0637. The number of benzene rings is 2. The van der Waals surface area contributed by atoms with E-state index in [1.165, 1.54) is 6.07 Å². The van der Waals surface area contributed by atoms with E-state index in [0.29, 0.717) is 31.2 Å². The van der Waals surface area contributed by atoms with Crippen LogP contribution in [0.5, 0.6) is 11.5 Å². The van der Waals surface area contributed by atoms with E-state index in [2.05, 4.69) is 20.4 Å². The van der Waals surface area contributed by atoms with Crippen molar-refractivity contribution in [2.75, 3.05) is 19.8 Å². The summed E-state index contributed by atoms with van der Waals surface area (Å²) in [6.45, 7) is 3.81. The smallest absolute Gasteiger partial charge is 0.387 e. The second-order valence-electron chi connectivity index (χ2n) is 7.25. The number of nitrogens with one attached hydrogen (secondary N) is 2. The number of guanidine groups is 1. The van der Waals surface area contributed by atoms with Crippen molar-refractivity contribution >= 4 is 5.96 Å². The van der Waals surface area contributed by atoms with Gasteiger partial charge < -0.3 is 24.8 Å². The fraction of sp³-hybridized carbons (Fsp3) is 0.435. The average Bonchev–Trinajstić information content (AvgIpc) is 3.25. The van der Waals surface area contributed by atoms with Crippen molar-refractivity contribution in [3.8, 4) is 11.5 Å². The van der Waals surface area contributed by atoms with Gasteiger partial charge in [-0.15, -0.1) is 0 Å². The highest BCUT2D eigenvalue weighted by molar-refractivity contribution is 5.79. The molecule has 0 radical (unpaired) electrons. The minimum Gasteiger partial charge on any atom is -0.488 e. The molecule has 0 saturated carbocycles. The number of hydrogen-bond acceptors (Lipinski definition) is 4. The van der Waals surface area contributed by atoms with Crippen LogP contribution in [0.25, 0.3) is 0 Å². The first-order valence-corrected chi connectivity index (χ1v) is 10.4. The Morgan fingerprint density at radius 2 is 2.00 bits per heavy atom. The molecule has 1 unspecified atom stereocenters. The Bertz CT molecular complexity index is 871. The zero-order valence-corrected chi connectivity index (χ0v) is 17.9. The molecule has 0 aliphatic carbocycles. The van der Waals surface area contributed by atoms with Gasteiger partial charge in [-0.2, -0.15) is 8.78 Å². The minimum atomic E-state index is -2.87. The summed E-state index contributed by atoms with van der Waals surface area (Å²) in [6, 6.07) is 12.8. The van der Waals surface area contributed by atoms with Crippen molar-refractivity contribution in [1.29, 1.82) is 0 Å². The van der Waals surface area contributed by atoms with Crippen molar-refractivity contribution in [1.82, 2.24) is 10.6 Å². The normalized spacial score (nSPS) is 16.4. The summed E-state index contributed by atoms with van der Waals surface area (Å²) in [5, 5.41) is 6.47. The van der Waals surface area contributed by atoms with Gasteiger partial charge in [0.2, 0.25) is 0 Å². The predicted octanol–water partition coefficient (Wildman–Crippen LogP) is 4.02. The van der Waals surface area contributed by atoms with Crippen LogP contribution in [0.15, 0.2) is 47.5 Å². The number of halogens is 2. The van der Waals surface area contributed by atoms with Crippen LogP contribution in [0.2, 0.25) is 0 Å². The molecule has 0 bridgehead atoms. The first-order valence-electron chi connectivity index (χ1n) is 10.4. The monoisotopic (exact) mass is 433 g/mol. The molecule has 1 fully saturated rings. The van der Waals surface area contributed by atoms with Gasteiger partial charge >= 0.3 is 6.61 Å². The van der Waals surface area contributed by atoms with Crippen molar-refractivity contribution in [3.05, 3.63) is 59.2 Å². The summed E-state index contributed by atoms with van der Waals surface area (Å²) >= 11 is 0. The summed E-state index contributed by atoms with van der Waals surface area (Å²) in [6.07, 6.45) is 0.944. The third kappa shape index (κ3) is 7.10. The van der Waals surface area contributed by atoms with E-state index < -0.39 is 6.61 Å². The van der Waals surface area contributed by atoms with Gasteiger partial charge in [-0.1, -0.05) is 30.3 Å². The molecule has 2 aromatic rings. The molecule has 8 heteroatoms. The first kappa shape index (κ1) is 22.8. The van der Waals surface area contributed by atoms with Gasteiger partial charge in [0, 0.05) is 30.6 Å². The predicted molar refractivity (Wildman–Crippen MR) is 116 cm³/mol. The van der Waals surface area contributed by atoms with Gasteiger partial charge in [0.1, 0.15) is 17.6 Å². The van der Waals surface area contributed by atoms with E-state index in [0.717, 1.165) is 29.9 Å². The highest BCUT2D eigenvalue weighted by Crippen LogP contribution is 2.24. The van der Waals surface area contributed by atoms with Crippen LogP contribution in [0.3, 0.4) is 0 Å². The lowest BCUT2D eigenvalue weighted by Gasteiger charge is -2.18. The summed E-state index contributed by atoms with van der Waals surface area (Å²) in [4.78, 5) is 4.53. The standard InChI is InChI=1S/C23H29F2N3O3/c1-3-26-23(27-13-17-6-4-5-7-20(17)31-22(24)25)28-14-18-9-8-16(2)12-21(18)30-19-10-11-29-15-19/h4-9,12,19,22H,3,10-11,13-15H2,1-2H3,(H2,26,27,28). The molecule has 6 nitrogen and oxygen atoms in total. The Morgan fingerprint density at radius 3 is 2.74 bits per heavy atom. The molecule has 0 amide bonds. The first-order chi connectivity index (χ1) is 15.0. The number of nitrogens with zero attached hydrogens (tertiary/aromatic N) is 1. The highest BCUT2D eigenvalue weighted by atomic mass is 19.3. The van der Waals surface area contributed by atoms with Crippen molar-refractivity contribution < 1.29 is 23.0 Å². The van der Waals surface area contributed by atoms with Gasteiger partial charge in [0.15, 0.2) is 5.96 Å². The number of aryl methyl sites for hydroxylation is 1. The second-order valence-corrected chi connectivity index (χ2v) is 7.25. The van der Waals surface area contributed by atoms with Crippen LogP contribution in [0, 0.1) is 6.92 Å². The Kier molecular flexibility index (Phi) is 8.46. The number of hydrogen-bond donors (Lipinski definition) is 2. The van der Waals surface area contributed by atoms with Crippen LogP contribution < -0.4 is 20.1 Å². The zero-order chi connectivity index (χ0) is 22.1. The summed E-state index contributed by atoms with van der Waals surface area (Å²) in [7, 11) is 0. The topological polar surface area (TPSA) is 64.1 Å². The van der Waals surface area contributed by atoms with E-state index in [9.17, 15) is 8.78 Å². The molecular formula is C23H29F2N3O3. The molecule has 1 saturated heterocycles. The van der Waals surface area contributed by atoms with Crippen molar-refractivity contribution in [2.24, 2.45) is 4.99 Å². The maximum atomic E-state index is 12.6. The van der Waals surface area contributed by atoms with Crippen LogP contribution in [0.1, 0.15) is 30.0 Å². The Balaban J connectivity index is 1.68. The fourth-order valence-corrected chi connectivity index (χ4v) is 3.23. The quantitative estimate of drug-likeness (QED) is 0.462. The van der Waals surface area contributed by atoms with Gasteiger partial charge in [0.05, 0.1) is 19.8 Å². The maximum absolute atomic E-state index is 12.6. The van der Waals surface area contributed by atoms with E-state index in [1.54, 1.807) is 18.2 Å². The molecule has 168 valence electrons. The van der Waals surface area contributed by atoms with Crippen molar-refractivity contribution in [3.63, 3.8) is 0 Å². The van der Waals surface area contributed by atoms with Crippen LogP contribution >= 0.6 is 0 Å². The number of aliphatic imine (C=N–C) groups is 1. The van der Waals surface area contributed by atoms with E-state index in [1.807, 2.05) is 32.0 Å². The Morgan fingerprint density at radius 1 is 1.16 bits per heavy atom. The van der Waals surface area contributed by atoms with Crippen LogP contribution in [-0.4, -0.2) is 38.4 Å². The van der Waals surface area contributed by atoms with E-state index in [-0.39, 0.29) is 18.4 Å². The molecule has 1 heterocycles. The summed E-state index contributed by atoms with van der Waals surface area (Å²) in [5.74, 6) is 1.53. The molecule has 1 aliphatic heterocycles. The molecule has 31 heavy (non-hydrogen) atoms. The van der Waals surface area contributed by atoms with E-state index in [4.69, 9.17) is 9.47 Å². The zero-order valence-electron chi connectivity index (χ0n) is 17.9. The van der Waals surface area contributed by atoms with Crippen LogP contribution in [-0.2, 0) is 17.8 Å². The van der Waals surface area contributed by atoms with Crippen LogP contribution in [0.4, 0.5) is 8.78 Å². The number of ether oxygens (including phenoxy) is 3. The molecule has 1 aliphatic rings. The SMILES string of the molecule is CCNC(=NCc1ccccc1OC(F)F)NCc1ccc(C)cc1OC1CCOC1. The molecule has 0 spiro atoms. The highest BCUT2D eigenvalue weighted by Gasteiger charge is 2.19. The van der Waals surface area contributed by atoms with E-state index >= 15 is 0 Å². The van der Waals surface area contributed by atoms with Crippen molar-refractivity contribution in [2.45, 2.75) is 46.1 Å². The third-order valence-corrected chi connectivity index (χ3v) is 4.79. The Hall–Kier alpha value is -2.87. The molecule has 1 atom stereocenters. The second kappa shape index (κ2) is 11.5. The molecule has 2 N–H and O–H groups in total. The number of rotatable bonds is 9. The lowest BCUT2D eigenvalue weighted by Crippen LogP contribution is -2.37. The fourth-order valence-electron chi connectivity index (χ4n) is 3.23. The largest absolute Gasteiger partial charge is 0.488 e. The summed E-state index contributed by atoms with van der Waals surface area (Å²) in [5.41, 5.74) is 2.71. The lowest BCUT2D eigenvalue weighted by molar-refractivity contribution is -0.0504. The Labute approximate surface area is 181 Å².